The van der Waals surface area contributed by atoms with Crippen molar-refractivity contribution in [2.24, 2.45) is 16.8 Å². The Balaban J connectivity index is 1.95. The Morgan fingerprint density at radius 3 is 2.68 bits per heavy atom. The van der Waals surface area contributed by atoms with Crippen LogP contribution >= 0.6 is 23.2 Å². The molecular formula is C21H21Cl2N3O2. The number of carbonyl (C=O) groups excluding carboxylic acids is 1. The average molecular weight is 418 g/mol. The number of halogens is 2. The summed E-state index contributed by atoms with van der Waals surface area (Å²) in [5.74, 6) is -0.441. The monoisotopic (exact) mass is 417 g/mol. The van der Waals surface area contributed by atoms with Crippen LogP contribution in [0.4, 0.5) is 5.69 Å². The normalized spacial score (nSPS) is 16.4. The average Bonchev–Trinajstić information content (AvgIpc) is 2.71. The molecule has 146 valence electrons. The van der Waals surface area contributed by atoms with Gasteiger partial charge in [0, 0.05) is 10.6 Å². The number of anilines is 1. The van der Waals surface area contributed by atoms with Crippen LogP contribution in [-0.4, -0.2) is 18.2 Å². The lowest BCUT2D eigenvalue weighted by Gasteiger charge is -2.28. The molecule has 3 rings (SSSR count). The van der Waals surface area contributed by atoms with Crippen LogP contribution in [0.2, 0.25) is 10.0 Å². The first-order valence-electron chi connectivity index (χ1n) is 9.04. The van der Waals surface area contributed by atoms with Crippen LogP contribution in [0, 0.1) is 5.92 Å². The smallest absolute Gasteiger partial charge is 0.212 e. The van der Waals surface area contributed by atoms with E-state index in [9.17, 15) is 4.79 Å². The van der Waals surface area contributed by atoms with Crippen molar-refractivity contribution in [3.63, 3.8) is 0 Å². The predicted octanol–water partition coefficient (Wildman–Crippen LogP) is 5.24. The fourth-order valence-corrected chi connectivity index (χ4v) is 3.16. The lowest BCUT2D eigenvalue weighted by molar-refractivity contribution is 0.0966. The molecule has 0 fully saturated rings. The summed E-state index contributed by atoms with van der Waals surface area (Å²) in [6, 6.07) is 14.2. The number of amidine groups is 1. The first kappa shape index (κ1) is 20.2. The number of hydrazone groups is 1. The fraction of sp³-hybridized carbons (Fsp3) is 0.238. The number of hydrogen-bond acceptors (Lipinski definition) is 5. The van der Waals surface area contributed by atoms with Gasteiger partial charge >= 0.3 is 0 Å². The van der Waals surface area contributed by atoms with E-state index in [0.29, 0.717) is 28.1 Å². The number of para-hydroxylation sites is 1. The largest absolute Gasteiger partial charge is 0.478 e. The lowest BCUT2D eigenvalue weighted by atomic mass is 9.95. The Hall–Kier alpha value is -2.50. The van der Waals surface area contributed by atoms with Gasteiger partial charge in [0.1, 0.15) is 11.8 Å². The van der Waals surface area contributed by atoms with E-state index in [2.05, 4.69) is 12.0 Å². The van der Waals surface area contributed by atoms with Crippen LogP contribution in [0.5, 0.6) is 0 Å². The number of carbonyl (C=O) groups is 1. The predicted molar refractivity (Wildman–Crippen MR) is 114 cm³/mol. The van der Waals surface area contributed by atoms with Gasteiger partial charge in [-0.15, -0.1) is 0 Å². The van der Waals surface area contributed by atoms with E-state index in [4.69, 9.17) is 33.7 Å². The molecule has 0 aromatic heterocycles. The summed E-state index contributed by atoms with van der Waals surface area (Å²) in [6.45, 7) is 2.59. The maximum Gasteiger partial charge on any atom is 0.212 e. The first-order chi connectivity index (χ1) is 13.5. The molecular weight excluding hydrogens is 397 g/mol. The van der Waals surface area contributed by atoms with Crippen LogP contribution in [0.1, 0.15) is 30.1 Å². The number of Topliss-reactive ketones (excluding diaryl/α,β-unsaturated/α-hetero) is 1. The van der Waals surface area contributed by atoms with Gasteiger partial charge in [0.15, 0.2) is 5.78 Å². The van der Waals surface area contributed by atoms with Gasteiger partial charge in [0.05, 0.1) is 17.3 Å². The molecule has 7 heteroatoms. The zero-order valence-electron chi connectivity index (χ0n) is 15.4. The summed E-state index contributed by atoms with van der Waals surface area (Å²) >= 11 is 12.2. The number of rotatable bonds is 7. The highest BCUT2D eigenvalue weighted by Gasteiger charge is 2.31. The number of nitrogens with zero attached hydrogens (tertiary/aromatic N) is 2. The molecule has 1 atom stereocenters. The minimum absolute atomic E-state index is 0.160. The highest BCUT2D eigenvalue weighted by molar-refractivity contribution is 6.36. The van der Waals surface area contributed by atoms with Crippen molar-refractivity contribution in [3.8, 4) is 0 Å². The number of hydrogen-bond donors (Lipinski definition) is 1. The van der Waals surface area contributed by atoms with Gasteiger partial charge < -0.3 is 10.5 Å². The highest BCUT2D eigenvalue weighted by Crippen LogP contribution is 2.29. The van der Waals surface area contributed by atoms with Crippen molar-refractivity contribution >= 4 is 40.5 Å². The minimum Gasteiger partial charge on any atom is -0.478 e. The van der Waals surface area contributed by atoms with Gasteiger partial charge in [-0.3, -0.25) is 4.79 Å². The summed E-state index contributed by atoms with van der Waals surface area (Å²) < 4.78 is 5.92. The highest BCUT2D eigenvalue weighted by atomic mass is 35.5. The number of nitrogens with two attached hydrogens (primary N) is 1. The Labute approximate surface area is 174 Å². The summed E-state index contributed by atoms with van der Waals surface area (Å²) in [5.41, 5.74) is 7.25. The summed E-state index contributed by atoms with van der Waals surface area (Å²) in [6.07, 6.45) is 3.56. The summed E-state index contributed by atoms with van der Waals surface area (Å²) in [4.78, 5) is 13.1. The van der Waals surface area contributed by atoms with Gasteiger partial charge in [-0.2, -0.15) is 10.1 Å². The third-order valence-corrected chi connectivity index (χ3v) is 4.84. The van der Waals surface area contributed by atoms with Crippen LogP contribution < -0.4 is 10.7 Å². The second-order valence-electron chi connectivity index (χ2n) is 6.35. The van der Waals surface area contributed by atoms with Gasteiger partial charge in [-0.05, 0) is 42.8 Å². The maximum atomic E-state index is 13.1. The van der Waals surface area contributed by atoms with Crippen molar-refractivity contribution in [2.75, 3.05) is 11.6 Å². The fourth-order valence-electron chi connectivity index (χ4n) is 2.77. The molecule has 1 unspecified atom stereocenters. The molecule has 1 heterocycles. The van der Waals surface area contributed by atoms with E-state index >= 15 is 0 Å². The zero-order valence-corrected chi connectivity index (χ0v) is 17.0. The molecule has 0 amide bonds. The molecule has 0 aliphatic carbocycles. The Morgan fingerprint density at radius 2 is 1.96 bits per heavy atom. The molecule has 0 spiro atoms. The molecule has 0 saturated heterocycles. The molecule has 1 aliphatic rings. The van der Waals surface area contributed by atoms with E-state index in [0.717, 1.165) is 18.5 Å². The lowest BCUT2D eigenvalue weighted by Crippen LogP contribution is -2.38. The standard InChI is InChI=1S/C21H21Cl2N3O2/c1-2-3-11-28-19-13-17(20(27)16-12-14(22)9-10-18(16)23)21(24)25-26(19)15-7-5-4-6-8-15/h4-10,12-13,17H,2-3,11H2,1H3,(H2,24,25). The first-order valence-corrected chi connectivity index (χ1v) is 9.80. The van der Waals surface area contributed by atoms with Crippen LogP contribution in [0.3, 0.4) is 0 Å². The van der Waals surface area contributed by atoms with Crippen LogP contribution in [-0.2, 0) is 4.74 Å². The maximum absolute atomic E-state index is 13.1. The number of ketones is 1. The van der Waals surface area contributed by atoms with E-state index < -0.39 is 5.92 Å². The van der Waals surface area contributed by atoms with Gasteiger partial charge in [-0.25, -0.2) is 0 Å². The zero-order chi connectivity index (χ0) is 20.1. The van der Waals surface area contributed by atoms with Gasteiger partial charge in [-0.1, -0.05) is 54.7 Å². The van der Waals surface area contributed by atoms with Crippen LogP contribution in [0.25, 0.3) is 0 Å². The SMILES string of the molecule is CCCCOC1=CC(C(=O)c2cc(Cl)ccc2Cl)C(N)=NN1c1ccccc1. The van der Waals surface area contributed by atoms with E-state index in [1.165, 1.54) is 6.07 Å². The molecule has 5 nitrogen and oxygen atoms in total. The Morgan fingerprint density at radius 1 is 1.21 bits per heavy atom. The van der Waals surface area contributed by atoms with Gasteiger partial charge in [0.2, 0.25) is 5.88 Å². The van der Waals surface area contributed by atoms with E-state index in [1.54, 1.807) is 23.2 Å². The van der Waals surface area contributed by atoms with E-state index in [1.807, 2.05) is 30.3 Å². The molecule has 2 aromatic rings. The topological polar surface area (TPSA) is 67.9 Å². The second kappa shape index (κ2) is 9.13. The van der Waals surface area contributed by atoms with Crippen molar-refractivity contribution < 1.29 is 9.53 Å². The Bertz CT molecular complexity index is 913. The van der Waals surface area contributed by atoms with Gasteiger partial charge in [0.25, 0.3) is 0 Å². The number of unbranched alkanes of at least 4 members (excludes halogenated alkanes) is 1. The molecule has 2 aromatic carbocycles. The molecule has 1 aliphatic heterocycles. The molecule has 0 saturated carbocycles. The number of ether oxygens (including phenoxy) is 1. The summed E-state index contributed by atoms with van der Waals surface area (Å²) in [7, 11) is 0. The van der Waals surface area contributed by atoms with Crippen molar-refractivity contribution in [1.29, 1.82) is 0 Å². The third-order valence-electron chi connectivity index (χ3n) is 4.28. The van der Waals surface area contributed by atoms with Crippen molar-refractivity contribution in [2.45, 2.75) is 19.8 Å². The van der Waals surface area contributed by atoms with E-state index in [-0.39, 0.29) is 11.6 Å². The Kier molecular flexibility index (Phi) is 6.60. The number of benzene rings is 2. The van der Waals surface area contributed by atoms with Crippen LogP contribution in [0.15, 0.2) is 65.6 Å². The molecule has 2 N–H and O–H groups in total. The second-order valence-corrected chi connectivity index (χ2v) is 7.19. The molecule has 0 bridgehead atoms. The quantitative estimate of drug-likeness (QED) is 0.493. The minimum atomic E-state index is -0.785. The summed E-state index contributed by atoms with van der Waals surface area (Å²) in [5, 5.41) is 6.77. The van der Waals surface area contributed by atoms with Crippen molar-refractivity contribution in [1.82, 2.24) is 0 Å². The molecule has 28 heavy (non-hydrogen) atoms. The third kappa shape index (κ3) is 4.49. The van der Waals surface area contributed by atoms with Crippen molar-refractivity contribution in [3.05, 3.63) is 76.1 Å². The molecule has 0 radical (unpaired) electrons.